The standard InChI is InChI=1S/C27H28N4O3S2/c1-19-11-14-30(15-12-19)36(33,34)23-8-6-22(7-9-23)26(32)31(18-21-4-3-13-28-17-21)27-29-24-10-5-20(2)16-25(24)35-27/h3-10,13,16-17,19H,11-12,14-15,18H2,1-2H3. The van der Waals surface area contributed by atoms with Gasteiger partial charge in [0.1, 0.15) is 0 Å². The summed E-state index contributed by atoms with van der Waals surface area (Å²) in [5.74, 6) is 0.291. The average molecular weight is 521 g/mol. The number of benzene rings is 2. The third-order valence-electron chi connectivity index (χ3n) is 6.55. The van der Waals surface area contributed by atoms with Crippen LogP contribution < -0.4 is 4.90 Å². The van der Waals surface area contributed by atoms with Crippen LogP contribution in [0.3, 0.4) is 0 Å². The Hall–Kier alpha value is -3.14. The van der Waals surface area contributed by atoms with Crippen molar-refractivity contribution in [3.05, 3.63) is 83.7 Å². The molecule has 1 amide bonds. The van der Waals surface area contributed by atoms with Gasteiger partial charge in [-0.15, -0.1) is 0 Å². The Morgan fingerprint density at radius 1 is 1.11 bits per heavy atom. The molecule has 186 valence electrons. The summed E-state index contributed by atoms with van der Waals surface area (Å²) in [4.78, 5) is 24.4. The van der Waals surface area contributed by atoms with Crippen molar-refractivity contribution in [2.75, 3.05) is 18.0 Å². The van der Waals surface area contributed by atoms with Crippen molar-refractivity contribution in [1.82, 2.24) is 14.3 Å². The van der Waals surface area contributed by atoms with Crippen molar-refractivity contribution < 1.29 is 13.2 Å². The Morgan fingerprint density at radius 3 is 2.56 bits per heavy atom. The highest BCUT2D eigenvalue weighted by Crippen LogP contribution is 2.32. The summed E-state index contributed by atoms with van der Waals surface area (Å²) in [7, 11) is -3.58. The lowest BCUT2D eigenvalue weighted by atomic mass is 10.0. The van der Waals surface area contributed by atoms with Crippen LogP contribution in [0.25, 0.3) is 10.2 Å². The number of nitrogens with zero attached hydrogens (tertiary/aromatic N) is 4. The molecule has 0 radical (unpaired) electrons. The number of pyridine rings is 1. The first-order valence-electron chi connectivity index (χ1n) is 12.0. The number of aromatic nitrogens is 2. The number of piperidine rings is 1. The van der Waals surface area contributed by atoms with E-state index in [1.807, 2.05) is 31.2 Å². The lowest BCUT2D eigenvalue weighted by molar-refractivity contribution is 0.0985. The Morgan fingerprint density at radius 2 is 1.86 bits per heavy atom. The number of thiazole rings is 1. The van der Waals surface area contributed by atoms with E-state index in [-0.39, 0.29) is 10.8 Å². The maximum atomic E-state index is 13.7. The molecule has 1 aliphatic heterocycles. The zero-order valence-corrected chi connectivity index (χ0v) is 21.9. The number of sulfonamides is 1. The van der Waals surface area contributed by atoms with E-state index in [2.05, 4.69) is 18.0 Å². The van der Waals surface area contributed by atoms with Gasteiger partial charge in [-0.3, -0.25) is 14.7 Å². The SMILES string of the molecule is Cc1ccc2nc(N(Cc3cccnc3)C(=O)c3ccc(S(=O)(=O)N4CCC(C)CC4)cc3)sc2c1. The maximum Gasteiger partial charge on any atom is 0.260 e. The number of carbonyl (C=O) groups excluding carboxylic acids is 1. The first-order valence-corrected chi connectivity index (χ1v) is 14.2. The van der Waals surface area contributed by atoms with E-state index in [0.29, 0.717) is 36.2 Å². The van der Waals surface area contributed by atoms with E-state index < -0.39 is 10.0 Å². The number of amides is 1. The van der Waals surface area contributed by atoms with Crippen molar-refractivity contribution in [2.24, 2.45) is 5.92 Å². The minimum Gasteiger partial charge on any atom is -0.279 e. The summed E-state index contributed by atoms with van der Waals surface area (Å²) < 4.78 is 28.8. The lowest BCUT2D eigenvalue weighted by Crippen LogP contribution is -2.37. The van der Waals surface area contributed by atoms with E-state index >= 15 is 0 Å². The second-order valence-electron chi connectivity index (χ2n) is 9.33. The van der Waals surface area contributed by atoms with Gasteiger partial charge >= 0.3 is 0 Å². The largest absolute Gasteiger partial charge is 0.279 e. The van der Waals surface area contributed by atoms with Crippen molar-refractivity contribution >= 4 is 42.6 Å². The smallest absolute Gasteiger partial charge is 0.260 e. The summed E-state index contributed by atoms with van der Waals surface area (Å²) >= 11 is 1.46. The molecule has 0 bridgehead atoms. The number of hydrogen-bond donors (Lipinski definition) is 0. The van der Waals surface area contributed by atoms with Crippen LogP contribution in [-0.2, 0) is 16.6 Å². The molecular formula is C27H28N4O3S2. The fourth-order valence-electron chi connectivity index (χ4n) is 4.34. The topological polar surface area (TPSA) is 83.5 Å². The Balaban J connectivity index is 1.45. The van der Waals surface area contributed by atoms with Crippen LogP contribution in [0.5, 0.6) is 0 Å². The Bertz CT molecular complexity index is 1480. The molecule has 7 nitrogen and oxygen atoms in total. The Kier molecular flexibility index (Phi) is 6.87. The third-order valence-corrected chi connectivity index (χ3v) is 9.51. The van der Waals surface area contributed by atoms with E-state index in [1.54, 1.807) is 33.7 Å². The van der Waals surface area contributed by atoms with Gasteiger partial charge in [0.15, 0.2) is 5.13 Å². The molecule has 2 aromatic carbocycles. The van der Waals surface area contributed by atoms with Gasteiger partial charge in [0.2, 0.25) is 10.0 Å². The molecule has 1 fully saturated rings. The molecule has 2 aromatic heterocycles. The summed E-state index contributed by atoms with van der Waals surface area (Å²) in [6.07, 6.45) is 5.15. The Labute approximate surface area is 215 Å². The van der Waals surface area contributed by atoms with Gasteiger partial charge in [0, 0.05) is 31.0 Å². The van der Waals surface area contributed by atoms with E-state index in [4.69, 9.17) is 4.98 Å². The average Bonchev–Trinajstić information content (AvgIpc) is 3.31. The second kappa shape index (κ2) is 10.1. The predicted octanol–water partition coefficient (Wildman–Crippen LogP) is 5.27. The maximum absolute atomic E-state index is 13.7. The predicted molar refractivity (Wildman–Crippen MR) is 143 cm³/mol. The van der Waals surface area contributed by atoms with Crippen molar-refractivity contribution in [3.63, 3.8) is 0 Å². The molecule has 9 heteroatoms. The summed E-state index contributed by atoms with van der Waals surface area (Å²) in [6, 6.07) is 16.0. The monoisotopic (exact) mass is 520 g/mol. The van der Waals surface area contributed by atoms with Crippen LogP contribution in [-0.4, -0.2) is 41.7 Å². The molecule has 36 heavy (non-hydrogen) atoms. The van der Waals surface area contributed by atoms with E-state index in [9.17, 15) is 13.2 Å². The molecule has 5 rings (SSSR count). The van der Waals surface area contributed by atoms with Crippen LogP contribution in [0.2, 0.25) is 0 Å². The first-order chi connectivity index (χ1) is 17.3. The second-order valence-corrected chi connectivity index (χ2v) is 12.3. The third kappa shape index (κ3) is 5.04. The fraction of sp³-hybridized carbons (Fsp3) is 0.296. The van der Waals surface area contributed by atoms with Gasteiger partial charge in [0.05, 0.1) is 21.7 Å². The van der Waals surface area contributed by atoms with Gasteiger partial charge in [0.25, 0.3) is 5.91 Å². The number of hydrogen-bond acceptors (Lipinski definition) is 6. The number of aryl methyl sites for hydroxylation is 1. The van der Waals surface area contributed by atoms with Gasteiger partial charge in [-0.25, -0.2) is 13.4 Å². The molecule has 0 aliphatic carbocycles. The number of anilines is 1. The van der Waals surface area contributed by atoms with Crippen LogP contribution >= 0.6 is 11.3 Å². The molecule has 3 heterocycles. The van der Waals surface area contributed by atoms with Crippen LogP contribution in [0.1, 0.15) is 41.3 Å². The van der Waals surface area contributed by atoms with Gasteiger partial charge in [-0.2, -0.15) is 4.31 Å². The summed E-state index contributed by atoms with van der Waals surface area (Å²) in [5, 5.41) is 0.587. The van der Waals surface area contributed by atoms with Crippen molar-refractivity contribution in [3.8, 4) is 0 Å². The minimum absolute atomic E-state index is 0.211. The molecule has 1 aliphatic rings. The number of carbonyl (C=O) groups is 1. The zero-order valence-electron chi connectivity index (χ0n) is 20.3. The quantitative estimate of drug-likeness (QED) is 0.346. The van der Waals surface area contributed by atoms with Crippen LogP contribution in [0, 0.1) is 12.8 Å². The summed E-state index contributed by atoms with van der Waals surface area (Å²) in [5.41, 5.74) is 3.24. The molecule has 0 spiro atoms. The molecule has 0 atom stereocenters. The molecule has 1 saturated heterocycles. The fourth-order valence-corrected chi connectivity index (χ4v) is 6.87. The zero-order chi connectivity index (χ0) is 25.3. The van der Waals surface area contributed by atoms with Gasteiger partial charge in [-0.05, 0) is 79.3 Å². The van der Waals surface area contributed by atoms with E-state index in [1.165, 1.54) is 23.5 Å². The van der Waals surface area contributed by atoms with Crippen molar-refractivity contribution in [1.29, 1.82) is 0 Å². The van der Waals surface area contributed by atoms with Crippen molar-refractivity contribution in [2.45, 2.75) is 38.1 Å². The number of fused-ring (bicyclic) bond motifs is 1. The highest BCUT2D eigenvalue weighted by molar-refractivity contribution is 7.89. The minimum atomic E-state index is -3.58. The first kappa shape index (κ1) is 24.5. The van der Waals surface area contributed by atoms with Crippen LogP contribution in [0.4, 0.5) is 5.13 Å². The summed E-state index contributed by atoms with van der Waals surface area (Å²) in [6.45, 7) is 5.53. The van der Waals surface area contributed by atoms with Crippen LogP contribution in [0.15, 0.2) is 71.9 Å². The highest BCUT2D eigenvalue weighted by Gasteiger charge is 2.29. The molecule has 0 N–H and O–H groups in total. The lowest BCUT2D eigenvalue weighted by Gasteiger charge is -2.29. The molecule has 4 aromatic rings. The normalized spacial score (nSPS) is 15.3. The molecule has 0 saturated carbocycles. The molecule has 0 unspecified atom stereocenters. The van der Waals surface area contributed by atoms with E-state index in [0.717, 1.165) is 34.2 Å². The molecular weight excluding hydrogens is 492 g/mol. The highest BCUT2D eigenvalue weighted by atomic mass is 32.2. The number of rotatable bonds is 6. The van der Waals surface area contributed by atoms with Gasteiger partial charge < -0.3 is 0 Å². The van der Waals surface area contributed by atoms with Gasteiger partial charge in [-0.1, -0.05) is 30.4 Å².